The molecule has 0 bridgehead atoms. The lowest BCUT2D eigenvalue weighted by Gasteiger charge is -2.04. The summed E-state index contributed by atoms with van der Waals surface area (Å²) >= 11 is 0. The molecule has 2 heterocycles. The molecule has 0 atom stereocenters. The van der Waals surface area contributed by atoms with E-state index >= 15 is 0 Å². The number of hydrogen-bond acceptors (Lipinski definition) is 5. The number of nitrogens with one attached hydrogen (secondary N) is 1. The van der Waals surface area contributed by atoms with Gasteiger partial charge in [-0.05, 0) is 0 Å². The summed E-state index contributed by atoms with van der Waals surface area (Å²) in [6, 6.07) is 0. The zero-order valence-electron chi connectivity index (χ0n) is 11.1. The molecule has 102 valence electrons. The second-order valence-corrected chi connectivity index (χ2v) is 4.56. The zero-order valence-corrected chi connectivity index (χ0v) is 11.1. The van der Waals surface area contributed by atoms with Crippen LogP contribution in [0.1, 0.15) is 13.8 Å². The van der Waals surface area contributed by atoms with Crippen molar-refractivity contribution in [2.24, 2.45) is 20.0 Å². The Hall–Kier alpha value is -2.38. The van der Waals surface area contributed by atoms with Crippen LogP contribution in [0.25, 0.3) is 11.0 Å². The molecule has 0 saturated carbocycles. The molecule has 2 aromatic rings. The average Bonchev–Trinajstić information content (AvgIpc) is 2.77. The van der Waals surface area contributed by atoms with Crippen LogP contribution in [0.3, 0.4) is 0 Å². The maximum absolute atomic E-state index is 12.0. The van der Waals surface area contributed by atoms with Crippen molar-refractivity contribution in [3.05, 3.63) is 20.8 Å². The highest BCUT2D eigenvalue weighted by molar-refractivity contribution is 5.98. The van der Waals surface area contributed by atoms with Gasteiger partial charge in [0.1, 0.15) is 5.39 Å². The molecule has 2 rings (SSSR count). The van der Waals surface area contributed by atoms with Crippen molar-refractivity contribution >= 4 is 22.8 Å². The van der Waals surface area contributed by atoms with E-state index in [0.29, 0.717) is 0 Å². The number of aromatic nitrogens is 3. The summed E-state index contributed by atoms with van der Waals surface area (Å²) in [4.78, 5) is 35.4. The first-order chi connectivity index (χ1) is 8.84. The number of aryl methyl sites for hydroxylation is 1. The van der Waals surface area contributed by atoms with E-state index in [2.05, 4.69) is 10.5 Å². The van der Waals surface area contributed by atoms with Crippen LogP contribution >= 0.6 is 0 Å². The SMILES string of the molecule is CC(C)C(=O)Nc1onc2c1c(=O)n(C)c(=O)n2C. The van der Waals surface area contributed by atoms with E-state index in [-0.39, 0.29) is 28.7 Å². The van der Waals surface area contributed by atoms with Crippen LogP contribution in [0.4, 0.5) is 5.88 Å². The third-order valence-electron chi connectivity index (χ3n) is 2.85. The summed E-state index contributed by atoms with van der Waals surface area (Å²) in [7, 11) is 2.83. The Balaban J connectivity index is 2.70. The van der Waals surface area contributed by atoms with Gasteiger partial charge in [0.15, 0.2) is 5.65 Å². The molecule has 0 fully saturated rings. The van der Waals surface area contributed by atoms with Crippen molar-refractivity contribution in [3.63, 3.8) is 0 Å². The quantitative estimate of drug-likeness (QED) is 0.812. The van der Waals surface area contributed by atoms with Gasteiger partial charge < -0.3 is 4.52 Å². The van der Waals surface area contributed by atoms with Gasteiger partial charge in [-0.25, -0.2) is 4.79 Å². The maximum Gasteiger partial charge on any atom is 0.332 e. The van der Waals surface area contributed by atoms with E-state index in [1.54, 1.807) is 13.8 Å². The Kier molecular flexibility index (Phi) is 3.01. The topological polar surface area (TPSA) is 99.1 Å². The fraction of sp³-hybridized carbons (Fsp3) is 0.455. The van der Waals surface area contributed by atoms with Crippen LogP contribution in [-0.2, 0) is 18.9 Å². The van der Waals surface area contributed by atoms with E-state index in [1.165, 1.54) is 18.7 Å². The molecule has 2 aromatic heterocycles. The van der Waals surface area contributed by atoms with Crippen molar-refractivity contribution in [3.8, 4) is 0 Å². The third kappa shape index (κ3) is 1.94. The van der Waals surface area contributed by atoms with Crippen LogP contribution in [0.5, 0.6) is 0 Å². The van der Waals surface area contributed by atoms with Crippen molar-refractivity contribution < 1.29 is 9.32 Å². The Morgan fingerprint density at radius 2 is 1.89 bits per heavy atom. The van der Waals surface area contributed by atoms with Gasteiger partial charge in [-0.1, -0.05) is 19.0 Å². The summed E-state index contributed by atoms with van der Waals surface area (Å²) in [6.07, 6.45) is 0. The summed E-state index contributed by atoms with van der Waals surface area (Å²) in [5.41, 5.74) is -0.960. The normalized spacial score (nSPS) is 11.2. The molecule has 0 aromatic carbocycles. The predicted octanol–water partition coefficient (Wildman–Crippen LogP) is -0.180. The highest BCUT2D eigenvalue weighted by Crippen LogP contribution is 2.18. The standard InChI is InChI=1S/C11H14N4O4/c1-5(2)8(16)12-9-6-7(13-19-9)14(3)11(18)15(4)10(6)17/h5H,1-4H3,(H,12,16). The van der Waals surface area contributed by atoms with Crippen LogP contribution in [-0.4, -0.2) is 20.2 Å². The van der Waals surface area contributed by atoms with Gasteiger partial charge in [-0.3, -0.25) is 24.0 Å². The first-order valence-electron chi connectivity index (χ1n) is 5.70. The molecule has 0 spiro atoms. The minimum absolute atomic E-state index is 0.0371. The van der Waals surface area contributed by atoms with E-state index in [0.717, 1.165) is 4.57 Å². The minimum atomic E-state index is -0.557. The highest BCUT2D eigenvalue weighted by atomic mass is 16.5. The molecule has 0 saturated heterocycles. The molecule has 19 heavy (non-hydrogen) atoms. The van der Waals surface area contributed by atoms with Gasteiger partial charge in [-0.2, -0.15) is 0 Å². The van der Waals surface area contributed by atoms with Crippen LogP contribution in [0.15, 0.2) is 14.1 Å². The molecule has 0 radical (unpaired) electrons. The smallest absolute Gasteiger partial charge is 0.332 e. The molecule has 0 aliphatic rings. The monoisotopic (exact) mass is 266 g/mol. The fourth-order valence-electron chi connectivity index (χ4n) is 1.62. The minimum Gasteiger partial charge on any atom is -0.335 e. The fourth-order valence-corrected chi connectivity index (χ4v) is 1.62. The second-order valence-electron chi connectivity index (χ2n) is 4.56. The summed E-state index contributed by atoms with van der Waals surface area (Å²) in [5, 5.41) is 6.22. The largest absolute Gasteiger partial charge is 0.335 e. The number of fused-ring (bicyclic) bond motifs is 1. The Bertz CT molecular complexity index is 765. The van der Waals surface area contributed by atoms with Gasteiger partial charge >= 0.3 is 5.69 Å². The van der Waals surface area contributed by atoms with Crippen LogP contribution < -0.4 is 16.6 Å². The van der Waals surface area contributed by atoms with E-state index < -0.39 is 11.2 Å². The maximum atomic E-state index is 12.0. The van der Waals surface area contributed by atoms with Crippen LogP contribution in [0, 0.1) is 5.92 Å². The van der Waals surface area contributed by atoms with Crippen molar-refractivity contribution in [1.29, 1.82) is 0 Å². The molecule has 0 aliphatic heterocycles. The van der Waals surface area contributed by atoms with Gasteiger partial charge in [0.2, 0.25) is 11.8 Å². The first-order valence-corrected chi connectivity index (χ1v) is 5.70. The van der Waals surface area contributed by atoms with Crippen molar-refractivity contribution in [2.45, 2.75) is 13.8 Å². The van der Waals surface area contributed by atoms with E-state index in [4.69, 9.17) is 4.52 Å². The van der Waals surface area contributed by atoms with E-state index in [1.807, 2.05) is 0 Å². The molecular formula is C11H14N4O4. The number of amides is 1. The lowest BCUT2D eigenvalue weighted by Crippen LogP contribution is -2.37. The number of nitrogens with zero attached hydrogens (tertiary/aromatic N) is 3. The predicted molar refractivity (Wildman–Crippen MR) is 68.0 cm³/mol. The van der Waals surface area contributed by atoms with Gasteiger partial charge in [0.25, 0.3) is 5.56 Å². The van der Waals surface area contributed by atoms with Crippen molar-refractivity contribution in [2.75, 3.05) is 5.32 Å². The Morgan fingerprint density at radius 1 is 1.26 bits per heavy atom. The number of carbonyl (C=O) groups is 1. The molecule has 0 unspecified atom stereocenters. The molecule has 8 nitrogen and oxygen atoms in total. The first kappa shape index (κ1) is 13.1. The van der Waals surface area contributed by atoms with Crippen LogP contribution in [0.2, 0.25) is 0 Å². The lowest BCUT2D eigenvalue weighted by atomic mass is 10.2. The molecule has 8 heteroatoms. The van der Waals surface area contributed by atoms with Gasteiger partial charge in [0, 0.05) is 20.0 Å². The number of hydrogen-bond donors (Lipinski definition) is 1. The average molecular weight is 266 g/mol. The van der Waals surface area contributed by atoms with Crippen molar-refractivity contribution in [1.82, 2.24) is 14.3 Å². The third-order valence-corrected chi connectivity index (χ3v) is 2.85. The Morgan fingerprint density at radius 3 is 2.47 bits per heavy atom. The number of anilines is 1. The Labute approximate surface area is 107 Å². The second kappa shape index (κ2) is 4.38. The summed E-state index contributed by atoms with van der Waals surface area (Å²) < 4.78 is 7.07. The zero-order chi connectivity index (χ0) is 14.3. The lowest BCUT2D eigenvalue weighted by molar-refractivity contribution is -0.119. The number of rotatable bonds is 2. The molecule has 0 aliphatic carbocycles. The van der Waals surface area contributed by atoms with E-state index in [9.17, 15) is 14.4 Å². The highest BCUT2D eigenvalue weighted by Gasteiger charge is 2.20. The molecular weight excluding hydrogens is 252 g/mol. The molecule has 1 N–H and O–H groups in total. The number of carbonyl (C=O) groups excluding carboxylic acids is 1. The van der Waals surface area contributed by atoms with Gasteiger partial charge in [0.05, 0.1) is 0 Å². The molecule has 1 amide bonds. The summed E-state index contributed by atoms with van der Waals surface area (Å²) in [6.45, 7) is 3.42. The summed E-state index contributed by atoms with van der Waals surface area (Å²) in [5.74, 6) is -0.601. The van der Waals surface area contributed by atoms with Gasteiger partial charge in [-0.15, -0.1) is 0 Å².